The van der Waals surface area contributed by atoms with Crippen LogP contribution in [0.5, 0.6) is 0 Å². The lowest BCUT2D eigenvalue weighted by Crippen LogP contribution is -2.24. The number of nitrogens with zero attached hydrogens (tertiary/aromatic N) is 1. The Morgan fingerprint density at radius 2 is 2.10 bits per heavy atom. The van der Waals surface area contributed by atoms with Gasteiger partial charge in [0, 0.05) is 23.8 Å². The number of pyridine rings is 1. The predicted molar refractivity (Wildman–Crippen MR) is 88.4 cm³/mol. The Bertz CT molecular complexity index is 643. The number of carbonyl (C=O) groups excluding carboxylic acids is 1. The van der Waals surface area contributed by atoms with Crippen molar-refractivity contribution in [2.24, 2.45) is 0 Å². The third-order valence-corrected chi connectivity index (χ3v) is 3.58. The Balaban J connectivity index is 2.13. The molecule has 0 bridgehead atoms. The van der Waals surface area contributed by atoms with Gasteiger partial charge >= 0.3 is 0 Å². The number of hydrogen-bond acceptors (Lipinski definition) is 3. The molecule has 0 saturated heterocycles. The molecular weight excluding hydrogens is 330 g/mol. The summed E-state index contributed by atoms with van der Waals surface area (Å²) in [7, 11) is 0. The van der Waals surface area contributed by atoms with Crippen LogP contribution in [0.3, 0.4) is 0 Å². The van der Waals surface area contributed by atoms with Crippen molar-refractivity contribution in [2.45, 2.75) is 20.4 Å². The summed E-state index contributed by atoms with van der Waals surface area (Å²) in [6, 6.07) is 9.78. The second-order valence-corrected chi connectivity index (χ2v) is 5.60. The fraction of sp³-hybridized carbons (Fsp3) is 0.250. The molecule has 0 spiro atoms. The van der Waals surface area contributed by atoms with Crippen molar-refractivity contribution in [2.75, 3.05) is 11.9 Å². The second-order valence-electron chi connectivity index (χ2n) is 4.69. The maximum atomic E-state index is 12.4. The van der Waals surface area contributed by atoms with Crippen LogP contribution in [0, 0.1) is 6.92 Å². The van der Waals surface area contributed by atoms with Crippen LogP contribution in [-0.2, 0) is 6.54 Å². The number of rotatable bonds is 5. The molecule has 1 aromatic carbocycles. The summed E-state index contributed by atoms with van der Waals surface area (Å²) in [4.78, 5) is 16.6. The molecule has 0 aliphatic carbocycles. The van der Waals surface area contributed by atoms with Crippen LogP contribution in [0.1, 0.15) is 28.4 Å². The molecule has 0 saturated carbocycles. The van der Waals surface area contributed by atoms with E-state index in [0.29, 0.717) is 24.5 Å². The van der Waals surface area contributed by atoms with Crippen LogP contribution < -0.4 is 10.6 Å². The Morgan fingerprint density at radius 3 is 2.81 bits per heavy atom. The van der Waals surface area contributed by atoms with Crippen LogP contribution >= 0.6 is 15.9 Å². The van der Waals surface area contributed by atoms with Gasteiger partial charge in [0.25, 0.3) is 5.91 Å². The first kappa shape index (κ1) is 15.5. The van der Waals surface area contributed by atoms with Gasteiger partial charge in [-0.3, -0.25) is 4.79 Å². The highest BCUT2D eigenvalue weighted by atomic mass is 79.9. The molecule has 2 rings (SSSR count). The van der Waals surface area contributed by atoms with E-state index in [1.54, 1.807) is 12.3 Å². The van der Waals surface area contributed by atoms with Crippen molar-refractivity contribution in [3.8, 4) is 0 Å². The lowest BCUT2D eigenvalue weighted by Gasteiger charge is -2.11. The van der Waals surface area contributed by atoms with Gasteiger partial charge < -0.3 is 10.6 Å². The maximum Gasteiger partial charge on any atom is 0.255 e. The van der Waals surface area contributed by atoms with Crippen molar-refractivity contribution in [1.82, 2.24) is 10.3 Å². The highest BCUT2D eigenvalue weighted by Crippen LogP contribution is 2.18. The van der Waals surface area contributed by atoms with Crippen LogP contribution in [0.25, 0.3) is 0 Å². The lowest BCUT2D eigenvalue weighted by atomic mass is 10.1. The van der Waals surface area contributed by atoms with Crippen LogP contribution in [-0.4, -0.2) is 17.4 Å². The molecule has 4 nitrogen and oxygen atoms in total. The van der Waals surface area contributed by atoms with Gasteiger partial charge in [-0.1, -0.05) is 24.3 Å². The molecule has 0 aliphatic rings. The molecule has 0 fully saturated rings. The molecule has 0 radical (unpaired) electrons. The number of hydrogen-bond donors (Lipinski definition) is 2. The molecule has 110 valence electrons. The van der Waals surface area contributed by atoms with Crippen LogP contribution in [0.15, 0.2) is 41.0 Å². The Morgan fingerprint density at radius 1 is 1.33 bits per heavy atom. The lowest BCUT2D eigenvalue weighted by molar-refractivity contribution is 0.0951. The van der Waals surface area contributed by atoms with Gasteiger partial charge in [0.05, 0.1) is 5.56 Å². The first-order valence-electron chi connectivity index (χ1n) is 6.84. The third-order valence-electron chi connectivity index (χ3n) is 3.14. The monoisotopic (exact) mass is 347 g/mol. The zero-order valence-corrected chi connectivity index (χ0v) is 13.7. The zero-order valence-electron chi connectivity index (χ0n) is 12.1. The number of aryl methyl sites for hydroxylation is 1. The van der Waals surface area contributed by atoms with Gasteiger partial charge in [-0.25, -0.2) is 4.98 Å². The summed E-state index contributed by atoms with van der Waals surface area (Å²) in [5, 5.41) is 6.04. The van der Waals surface area contributed by atoms with E-state index in [1.165, 1.54) is 0 Å². The highest BCUT2D eigenvalue weighted by Gasteiger charge is 2.13. The minimum absolute atomic E-state index is 0.136. The number of carbonyl (C=O) groups is 1. The smallest absolute Gasteiger partial charge is 0.255 e. The normalized spacial score (nSPS) is 10.2. The molecule has 5 heteroatoms. The minimum atomic E-state index is -0.136. The Hall–Kier alpha value is -1.88. The number of nitrogens with one attached hydrogen (secondary N) is 2. The molecule has 0 unspecified atom stereocenters. The number of halogens is 1. The van der Waals surface area contributed by atoms with Gasteiger partial charge in [0.15, 0.2) is 0 Å². The topological polar surface area (TPSA) is 54.0 Å². The van der Waals surface area contributed by atoms with Crippen LogP contribution in [0.4, 0.5) is 5.82 Å². The van der Waals surface area contributed by atoms with E-state index in [1.807, 2.05) is 38.1 Å². The molecule has 0 atom stereocenters. The van der Waals surface area contributed by atoms with Gasteiger partial charge in [0.2, 0.25) is 0 Å². The first-order chi connectivity index (χ1) is 10.1. The van der Waals surface area contributed by atoms with Gasteiger partial charge in [-0.2, -0.15) is 0 Å². The maximum absolute atomic E-state index is 12.4. The molecule has 2 N–H and O–H groups in total. The van der Waals surface area contributed by atoms with Gasteiger partial charge in [0.1, 0.15) is 5.82 Å². The molecule has 0 aliphatic heterocycles. The summed E-state index contributed by atoms with van der Waals surface area (Å²) >= 11 is 3.35. The summed E-state index contributed by atoms with van der Waals surface area (Å²) in [5.41, 5.74) is 2.82. The number of benzene rings is 1. The molecule has 1 amide bonds. The van der Waals surface area contributed by atoms with Gasteiger partial charge in [-0.05, 0) is 47.0 Å². The largest absolute Gasteiger partial charge is 0.370 e. The van der Waals surface area contributed by atoms with Crippen molar-refractivity contribution in [3.63, 3.8) is 0 Å². The van der Waals surface area contributed by atoms with Gasteiger partial charge in [-0.15, -0.1) is 0 Å². The number of aromatic nitrogens is 1. The average Bonchev–Trinajstić information content (AvgIpc) is 2.48. The fourth-order valence-electron chi connectivity index (χ4n) is 2.00. The summed E-state index contributed by atoms with van der Waals surface area (Å²) in [5.74, 6) is 0.464. The average molecular weight is 348 g/mol. The molecule has 1 aromatic heterocycles. The molecular formula is C16H18BrN3O. The molecule has 1 heterocycles. The Kier molecular flexibility index (Phi) is 5.33. The van der Waals surface area contributed by atoms with E-state index in [0.717, 1.165) is 15.6 Å². The molecule has 21 heavy (non-hydrogen) atoms. The van der Waals surface area contributed by atoms with Crippen molar-refractivity contribution in [3.05, 3.63) is 57.7 Å². The van der Waals surface area contributed by atoms with E-state index in [9.17, 15) is 4.79 Å². The quantitative estimate of drug-likeness (QED) is 0.869. The van der Waals surface area contributed by atoms with E-state index < -0.39 is 0 Å². The van der Waals surface area contributed by atoms with Crippen molar-refractivity contribution >= 4 is 27.7 Å². The van der Waals surface area contributed by atoms with E-state index in [2.05, 4.69) is 31.5 Å². The summed E-state index contributed by atoms with van der Waals surface area (Å²) < 4.78 is 0.783. The predicted octanol–water partition coefficient (Wildman–Crippen LogP) is 3.51. The number of amides is 1. The second kappa shape index (κ2) is 7.22. The Labute approximate surface area is 133 Å². The first-order valence-corrected chi connectivity index (χ1v) is 7.63. The third kappa shape index (κ3) is 4.04. The van der Waals surface area contributed by atoms with E-state index in [4.69, 9.17) is 0 Å². The van der Waals surface area contributed by atoms with Crippen LogP contribution in [0.2, 0.25) is 0 Å². The molecule has 2 aromatic rings. The fourth-order valence-corrected chi connectivity index (χ4v) is 2.33. The standard InChI is InChI=1S/C16H18BrN3O/c1-3-18-15-14(8-13(17)10-19-15)16(21)20-9-12-7-5-4-6-11(12)2/h4-8,10H,3,9H2,1-2H3,(H,18,19)(H,20,21). The number of anilines is 1. The highest BCUT2D eigenvalue weighted by molar-refractivity contribution is 9.10. The minimum Gasteiger partial charge on any atom is -0.370 e. The summed E-state index contributed by atoms with van der Waals surface area (Å²) in [6.45, 7) is 5.22. The summed E-state index contributed by atoms with van der Waals surface area (Å²) in [6.07, 6.45) is 1.68. The SMILES string of the molecule is CCNc1ncc(Br)cc1C(=O)NCc1ccccc1C. The zero-order chi connectivity index (χ0) is 15.2. The van der Waals surface area contributed by atoms with Crippen molar-refractivity contribution in [1.29, 1.82) is 0 Å². The van der Waals surface area contributed by atoms with Crippen molar-refractivity contribution < 1.29 is 4.79 Å². The van der Waals surface area contributed by atoms with E-state index in [-0.39, 0.29) is 5.91 Å². The van der Waals surface area contributed by atoms with E-state index >= 15 is 0 Å².